The Bertz CT molecular complexity index is 364. The Morgan fingerprint density at radius 3 is 2.44 bits per heavy atom. The van der Waals surface area contributed by atoms with Crippen molar-refractivity contribution in [3.63, 3.8) is 0 Å². The van der Waals surface area contributed by atoms with Crippen LogP contribution in [0.15, 0.2) is 18.2 Å². The lowest BCUT2D eigenvalue weighted by atomic mass is 10.0. The number of hydrogen-bond donors (Lipinski definition) is 1. The standard InChI is InChI=1S/C16H25NO/c1-12-8-13(2)10-15(9-12)16(17-3)11-18-7-6-14-4-5-14/h8-10,14,16-17H,4-7,11H2,1-3H3. The van der Waals surface area contributed by atoms with Gasteiger partial charge in [0.05, 0.1) is 12.6 Å². The molecule has 1 aliphatic carbocycles. The summed E-state index contributed by atoms with van der Waals surface area (Å²) in [4.78, 5) is 0. The van der Waals surface area contributed by atoms with E-state index < -0.39 is 0 Å². The summed E-state index contributed by atoms with van der Waals surface area (Å²) >= 11 is 0. The van der Waals surface area contributed by atoms with Crippen molar-refractivity contribution in [3.05, 3.63) is 34.9 Å². The zero-order valence-electron chi connectivity index (χ0n) is 11.8. The maximum absolute atomic E-state index is 5.81. The lowest BCUT2D eigenvalue weighted by Gasteiger charge is -2.18. The lowest BCUT2D eigenvalue weighted by molar-refractivity contribution is 0.108. The maximum Gasteiger partial charge on any atom is 0.0661 e. The minimum absolute atomic E-state index is 0.308. The summed E-state index contributed by atoms with van der Waals surface area (Å²) in [6, 6.07) is 7.02. The average molecular weight is 247 g/mol. The summed E-state index contributed by atoms with van der Waals surface area (Å²) in [5, 5.41) is 3.35. The number of hydrogen-bond acceptors (Lipinski definition) is 2. The molecular formula is C16H25NO. The average Bonchev–Trinajstić information content (AvgIpc) is 3.11. The van der Waals surface area contributed by atoms with E-state index in [2.05, 4.69) is 37.4 Å². The molecule has 1 atom stereocenters. The first kappa shape index (κ1) is 13.6. The quantitative estimate of drug-likeness (QED) is 0.746. The van der Waals surface area contributed by atoms with Crippen molar-refractivity contribution in [1.82, 2.24) is 5.32 Å². The smallest absolute Gasteiger partial charge is 0.0661 e. The second-order valence-corrected chi connectivity index (χ2v) is 5.57. The molecule has 0 heterocycles. The highest BCUT2D eigenvalue weighted by molar-refractivity contribution is 5.30. The van der Waals surface area contributed by atoms with Crippen LogP contribution in [0, 0.1) is 19.8 Å². The summed E-state index contributed by atoms with van der Waals surface area (Å²) in [6.45, 7) is 5.98. The van der Waals surface area contributed by atoms with Crippen molar-refractivity contribution in [3.8, 4) is 0 Å². The van der Waals surface area contributed by atoms with E-state index >= 15 is 0 Å². The normalized spacial score (nSPS) is 16.8. The van der Waals surface area contributed by atoms with Gasteiger partial charge in [-0.15, -0.1) is 0 Å². The SMILES string of the molecule is CNC(COCCC1CC1)c1cc(C)cc(C)c1. The van der Waals surface area contributed by atoms with Crippen molar-refractivity contribution >= 4 is 0 Å². The fraction of sp³-hybridized carbons (Fsp3) is 0.625. The van der Waals surface area contributed by atoms with Gasteiger partial charge in [-0.25, -0.2) is 0 Å². The molecule has 1 N–H and O–H groups in total. The number of likely N-dealkylation sites (N-methyl/N-ethyl adjacent to an activating group) is 1. The molecule has 1 fully saturated rings. The van der Waals surface area contributed by atoms with Crippen LogP contribution in [-0.2, 0) is 4.74 Å². The molecule has 2 nitrogen and oxygen atoms in total. The predicted octanol–water partition coefficient (Wildman–Crippen LogP) is 3.38. The van der Waals surface area contributed by atoms with Gasteiger partial charge in [0.1, 0.15) is 0 Å². The minimum Gasteiger partial charge on any atom is -0.379 e. The van der Waals surface area contributed by atoms with Gasteiger partial charge in [0.25, 0.3) is 0 Å². The largest absolute Gasteiger partial charge is 0.379 e. The third-order valence-electron chi connectivity index (χ3n) is 3.65. The van der Waals surface area contributed by atoms with Crippen molar-refractivity contribution in [2.45, 2.75) is 39.2 Å². The number of ether oxygens (including phenoxy) is 1. The van der Waals surface area contributed by atoms with Crippen LogP contribution < -0.4 is 5.32 Å². The van der Waals surface area contributed by atoms with E-state index in [1.54, 1.807) is 0 Å². The number of aryl methyl sites for hydroxylation is 2. The summed E-state index contributed by atoms with van der Waals surface area (Å²) in [5.41, 5.74) is 3.98. The molecule has 0 aliphatic heterocycles. The Morgan fingerprint density at radius 2 is 1.89 bits per heavy atom. The maximum atomic E-state index is 5.81. The molecule has 2 rings (SSSR count). The van der Waals surface area contributed by atoms with Gasteiger partial charge < -0.3 is 10.1 Å². The predicted molar refractivity (Wildman–Crippen MR) is 75.9 cm³/mol. The Hall–Kier alpha value is -0.860. The van der Waals surface area contributed by atoms with Gasteiger partial charge >= 0.3 is 0 Å². The summed E-state index contributed by atoms with van der Waals surface area (Å²) in [6.07, 6.45) is 4.06. The molecule has 100 valence electrons. The van der Waals surface area contributed by atoms with Crippen molar-refractivity contribution in [1.29, 1.82) is 0 Å². The van der Waals surface area contributed by atoms with Gasteiger partial charge in [-0.3, -0.25) is 0 Å². The first-order valence-corrected chi connectivity index (χ1v) is 7.02. The third kappa shape index (κ3) is 4.11. The van der Waals surface area contributed by atoms with Gasteiger partial charge in [-0.05, 0) is 38.8 Å². The number of benzene rings is 1. The highest BCUT2D eigenvalue weighted by atomic mass is 16.5. The molecular weight excluding hydrogens is 222 g/mol. The molecule has 0 amide bonds. The molecule has 2 heteroatoms. The molecule has 0 spiro atoms. The van der Waals surface area contributed by atoms with Gasteiger partial charge in [0.2, 0.25) is 0 Å². The Kier molecular flexibility index (Phi) is 4.79. The molecule has 18 heavy (non-hydrogen) atoms. The Labute approximate surface area is 111 Å². The van der Waals surface area contributed by atoms with Gasteiger partial charge in [0.15, 0.2) is 0 Å². The summed E-state index contributed by atoms with van der Waals surface area (Å²) < 4.78 is 5.81. The van der Waals surface area contributed by atoms with Crippen molar-refractivity contribution < 1.29 is 4.74 Å². The zero-order chi connectivity index (χ0) is 13.0. The van der Waals surface area contributed by atoms with E-state index in [1.165, 1.54) is 36.0 Å². The summed E-state index contributed by atoms with van der Waals surface area (Å²) in [7, 11) is 2.01. The number of nitrogens with one attached hydrogen (secondary N) is 1. The molecule has 1 aromatic rings. The highest BCUT2D eigenvalue weighted by Crippen LogP contribution is 2.32. The topological polar surface area (TPSA) is 21.3 Å². The Morgan fingerprint density at radius 1 is 1.22 bits per heavy atom. The molecule has 0 aromatic heterocycles. The molecule has 0 bridgehead atoms. The van der Waals surface area contributed by atoms with E-state index in [0.29, 0.717) is 6.04 Å². The van der Waals surface area contributed by atoms with Gasteiger partial charge in [-0.2, -0.15) is 0 Å². The van der Waals surface area contributed by atoms with E-state index in [-0.39, 0.29) is 0 Å². The molecule has 1 aliphatic rings. The van der Waals surface area contributed by atoms with E-state index in [9.17, 15) is 0 Å². The van der Waals surface area contributed by atoms with Crippen LogP contribution in [0.5, 0.6) is 0 Å². The van der Waals surface area contributed by atoms with Crippen LogP contribution in [0.4, 0.5) is 0 Å². The van der Waals surface area contributed by atoms with Crippen LogP contribution in [0.1, 0.15) is 42.0 Å². The molecule has 1 aromatic carbocycles. The summed E-state index contributed by atoms with van der Waals surface area (Å²) in [5.74, 6) is 0.958. The van der Waals surface area contributed by atoms with E-state index in [1.807, 2.05) is 7.05 Å². The number of rotatable bonds is 7. The van der Waals surface area contributed by atoms with Crippen molar-refractivity contribution in [2.75, 3.05) is 20.3 Å². The first-order chi connectivity index (χ1) is 8.69. The van der Waals surface area contributed by atoms with Crippen molar-refractivity contribution in [2.24, 2.45) is 5.92 Å². The fourth-order valence-corrected chi connectivity index (χ4v) is 2.42. The van der Waals surface area contributed by atoms with Gasteiger partial charge in [0, 0.05) is 6.61 Å². The fourth-order valence-electron chi connectivity index (χ4n) is 2.42. The molecule has 1 unspecified atom stereocenters. The van der Waals surface area contributed by atoms with Gasteiger partial charge in [-0.1, -0.05) is 42.2 Å². The van der Waals surface area contributed by atoms with E-state index in [4.69, 9.17) is 4.74 Å². The Balaban J connectivity index is 1.85. The van der Waals surface area contributed by atoms with Crippen LogP contribution in [-0.4, -0.2) is 20.3 Å². The second kappa shape index (κ2) is 6.35. The van der Waals surface area contributed by atoms with Crippen LogP contribution in [0.25, 0.3) is 0 Å². The zero-order valence-corrected chi connectivity index (χ0v) is 11.8. The van der Waals surface area contributed by atoms with E-state index in [0.717, 1.165) is 19.1 Å². The monoisotopic (exact) mass is 247 g/mol. The minimum atomic E-state index is 0.308. The van der Waals surface area contributed by atoms with Crippen LogP contribution in [0.3, 0.4) is 0 Å². The van der Waals surface area contributed by atoms with Crippen LogP contribution in [0.2, 0.25) is 0 Å². The third-order valence-corrected chi connectivity index (χ3v) is 3.65. The molecule has 0 radical (unpaired) electrons. The highest BCUT2D eigenvalue weighted by Gasteiger charge is 2.20. The first-order valence-electron chi connectivity index (χ1n) is 7.02. The molecule has 0 saturated heterocycles. The van der Waals surface area contributed by atoms with Crippen LogP contribution >= 0.6 is 0 Å². The second-order valence-electron chi connectivity index (χ2n) is 5.57. The molecule has 1 saturated carbocycles. The lowest BCUT2D eigenvalue weighted by Crippen LogP contribution is -2.22.